The van der Waals surface area contributed by atoms with Gasteiger partial charge in [-0.2, -0.15) is 0 Å². The molecule has 1 fully saturated rings. The van der Waals surface area contributed by atoms with E-state index in [1.807, 2.05) is 11.8 Å². The normalized spacial score (nSPS) is 25.0. The van der Waals surface area contributed by atoms with Crippen LogP contribution in [0.25, 0.3) is 0 Å². The first-order valence-corrected chi connectivity index (χ1v) is 6.74. The van der Waals surface area contributed by atoms with Crippen molar-refractivity contribution in [3.63, 3.8) is 0 Å². The van der Waals surface area contributed by atoms with Crippen LogP contribution < -0.4 is 5.73 Å². The number of rotatable bonds is 2. The Kier molecular flexibility index (Phi) is 3.73. The summed E-state index contributed by atoms with van der Waals surface area (Å²) in [5.41, 5.74) is 6.77. The van der Waals surface area contributed by atoms with Crippen molar-refractivity contribution in [2.45, 2.75) is 32.7 Å². The first kappa shape index (κ1) is 12.4. The quantitative estimate of drug-likeness (QED) is 0.856. The van der Waals surface area contributed by atoms with Crippen molar-refractivity contribution in [3.05, 3.63) is 10.6 Å². The standard InChI is InChI=1S/C11H18N4OS/c1-3-8-6-15(5-4-9(8)12)11(16)10-7(2)13-14-17-10/h8-9H,3-6,12H2,1-2H3. The van der Waals surface area contributed by atoms with Crippen LogP contribution in [-0.2, 0) is 0 Å². The van der Waals surface area contributed by atoms with Crippen molar-refractivity contribution in [1.29, 1.82) is 0 Å². The van der Waals surface area contributed by atoms with Crippen LogP contribution in [0.3, 0.4) is 0 Å². The van der Waals surface area contributed by atoms with Gasteiger partial charge < -0.3 is 10.6 Å². The SMILES string of the molecule is CCC1CN(C(=O)c2snnc2C)CCC1N. The summed E-state index contributed by atoms with van der Waals surface area (Å²) in [5, 5.41) is 3.88. The molecule has 0 bridgehead atoms. The van der Waals surface area contributed by atoms with Crippen molar-refractivity contribution in [1.82, 2.24) is 14.5 Å². The minimum absolute atomic E-state index is 0.0582. The second-order valence-electron chi connectivity index (χ2n) is 4.56. The highest BCUT2D eigenvalue weighted by atomic mass is 32.1. The summed E-state index contributed by atoms with van der Waals surface area (Å²) in [5.74, 6) is 0.469. The lowest BCUT2D eigenvalue weighted by molar-refractivity contribution is 0.0653. The van der Waals surface area contributed by atoms with Crippen LogP contribution in [0.2, 0.25) is 0 Å². The predicted molar refractivity (Wildman–Crippen MR) is 66.9 cm³/mol. The molecule has 2 heterocycles. The van der Waals surface area contributed by atoms with Gasteiger partial charge in [-0.25, -0.2) is 0 Å². The van der Waals surface area contributed by atoms with Crippen LogP contribution in [0, 0.1) is 12.8 Å². The monoisotopic (exact) mass is 254 g/mol. The molecule has 1 aliphatic rings. The zero-order valence-corrected chi connectivity index (χ0v) is 11.0. The van der Waals surface area contributed by atoms with Crippen molar-refractivity contribution >= 4 is 17.4 Å². The largest absolute Gasteiger partial charge is 0.337 e. The maximum Gasteiger partial charge on any atom is 0.267 e. The van der Waals surface area contributed by atoms with E-state index in [1.165, 1.54) is 11.5 Å². The van der Waals surface area contributed by atoms with Crippen LogP contribution in [0.5, 0.6) is 0 Å². The van der Waals surface area contributed by atoms with Gasteiger partial charge in [0.05, 0.1) is 5.69 Å². The molecule has 5 nitrogen and oxygen atoms in total. The number of carbonyl (C=O) groups excluding carboxylic acids is 1. The van der Waals surface area contributed by atoms with Gasteiger partial charge in [-0.1, -0.05) is 17.8 Å². The molecule has 0 radical (unpaired) electrons. The Labute approximate surface area is 105 Å². The highest BCUT2D eigenvalue weighted by Crippen LogP contribution is 2.21. The first-order valence-electron chi connectivity index (χ1n) is 5.97. The topological polar surface area (TPSA) is 72.1 Å². The van der Waals surface area contributed by atoms with Crippen LogP contribution in [0.15, 0.2) is 0 Å². The van der Waals surface area contributed by atoms with E-state index in [0.29, 0.717) is 10.8 Å². The minimum atomic E-state index is 0.0582. The number of hydrogen-bond donors (Lipinski definition) is 1. The van der Waals surface area contributed by atoms with Crippen LogP contribution in [-0.4, -0.2) is 39.5 Å². The molecule has 1 saturated heterocycles. The Balaban J connectivity index is 2.09. The number of aryl methyl sites for hydroxylation is 1. The van der Waals surface area contributed by atoms with Crippen LogP contribution in [0.1, 0.15) is 35.1 Å². The molecule has 17 heavy (non-hydrogen) atoms. The van der Waals surface area contributed by atoms with Gasteiger partial charge in [0.15, 0.2) is 0 Å². The molecule has 1 amide bonds. The Morgan fingerprint density at radius 1 is 1.65 bits per heavy atom. The van der Waals surface area contributed by atoms with E-state index in [4.69, 9.17) is 5.73 Å². The van der Waals surface area contributed by atoms with Gasteiger partial charge in [0.1, 0.15) is 4.88 Å². The average Bonchev–Trinajstić information content (AvgIpc) is 2.75. The zero-order chi connectivity index (χ0) is 12.4. The number of carbonyl (C=O) groups is 1. The number of nitrogens with two attached hydrogens (primary N) is 1. The molecular formula is C11H18N4OS. The van der Waals surface area contributed by atoms with Gasteiger partial charge >= 0.3 is 0 Å². The van der Waals surface area contributed by atoms with Gasteiger partial charge in [0.2, 0.25) is 0 Å². The zero-order valence-electron chi connectivity index (χ0n) is 10.2. The highest BCUT2D eigenvalue weighted by molar-refractivity contribution is 7.07. The van der Waals surface area contributed by atoms with Crippen molar-refractivity contribution < 1.29 is 4.79 Å². The molecule has 0 spiro atoms. The number of amides is 1. The summed E-state index contributed by atoms with van der Waals surface area (Å²) in [6.45, 7) is 5.45. The van der Waals surface area contributed by atoms with Gasteiger partial charge in [-0.05, 0) is 30.8 Å². The maximum atomic E-state index is 12.3. The Morgan fingerprint density at radius 2 is 2.41 bits per heavy atom. The molecule has 0 saturated carbocycles. The van der Waals surface area contributed by atoms with Crippen molar-refractivity contribution in [2.75, 3.05) is 13.1 Å². The second kappa shape index (κ2) is 5.10. The van der Waals surface area contributed by atoms with E-state index in [9.17, 15) is 4.79 Å². The summed E-state index contributed by atoms with van der Waals surface area (Å²) >= 11 is 1.18. The van der Waals surface area contributed by atoms with Crippen LogP contribution >= 0.6 is 11.5 Å². The fraction of sp³-hybridized carbons (Fsp3) is 0.727. The van der Waals surface area contributed by atoms with E-state index in [-0.39, 0.29) is 11.9 Å². The molecule has 2 atom stereocenters. The van der Waals surface area contributed by atoms with E-state index in [1.54, 1.807) is 0 Å². The molecule has 0 aromatic carbocycles. The third-order valence-corrected chi connectivity index (χ3v) is 4.27. The van der Waals surface area contributed by atoms with E-state index in [0.717, 1.165) is 31.6 Å². The number of nitrogens with zero attached hydrogens (tertiary/aromatic N) is 3. The molecule has 1 aromatic rings. The van der Waals surface area contributed by atoms with Gasteiger partial charge in [-0.3, -0.25) is 4.79 Å². The predicted octanol–water partition coefficient (Wildman–Crippen LogP) is 1.05. The molecule has 2 unspecified atom stereocenters. The number of likely N-dealkylation sites (tertiary alicyclic amines) is 1. The molecule has 2 rings (SSSR count). The highest BCUT2D eigenvalue weighted by Gasteiger charge is 2.30. The second-order valence-corrected chi connectivity index (χ2v) is 5.31. The Morgan fingerprint density at radius 3 is 3.00 bits per heavy atom. The van der Waals surface area contributed by atoms with Crippen LogP contribution in [0.4, 0.5) is 0 Å². The molecule has 94 valence electrons. The molecular weight excluding hydrogens is 236 g/mol. The number of aromatic nitrogens is 2. The van der Waals surface area contributed by atoms with Gasteiger partial charge in [0, 0.05) is 19.1 Å². The molecule has 0 aliphatic carbocycles. The van der Waals surface area contributed by atoms with Gasteiger partial charge in [-0.15, -0.1) is 5.10 Å². The number of piperidine rings is 1. The lowest BCUT2D eigenvalue weighted by atomic mass is 9.90. The Bertz CT molecular complexity index is 406. The first-order chi connectivity index (χ1) is 8.13. The summed E-state index contributed by atoms with van der Waals surface area (Å²) in [4.78, 5) is 14.8. The van der Waals surface area contributed by atoms with E-state index < -0.39 is 0 Å². The number of hydrogen-bond acceptors (Lipinski definition) is 5. The lowest BCUT2D eigenvalue weighted by Gasteiger charge is -2.36. The van der Waals surface area contributed by atoms with E-state index >= 15 is 0 Å². The molecule has 1 aromatic heterocycles. The summed E-state index contributed by atoms with van der Waals surface area (Å²) in [6, 6.07) is 0.227. The van der Waals surface area contributed by atoms with Crippen molar-refractivity contribution in [3.8, 4) is 0 Å². The molecule has 1 aliphatic heterocycles. The van der Waals surface area contributed by atoms with Gasteiger partial charge in [0.25, 0.3) is 5.91 Å². The average molecular weight is 254 g/mol. The third kappa shape index (κ3) is 2.47. The molecule has 6 heteroatoms. The smallest absolute Gasteiger partial charge is 0.267 e. The third-order valence-electron chi connectivity index (χ3n) is 3.45. The summed E-state index contributed by atoms with van der Waals surface area (Å²) in [6.07, 6.45) is 1.90. The van der Waals surface area contributed by atoms with Crippen molar-refractivity contribution in [2.24, 2.45) is 11.7 Å². The Hall–Kier alpha value is -1.01. The molecule has 2 N–H and O–H groups in total. The lowest BCUT2D eigenvalue weighted by Crippen LogP contribution is -2.48. The summed E-state index contributed by atoms with van der Waals surface area (Å²) < 4.78 is 3.81. The summed E-state index contributed by atoms with van der Waals surface area (Å²) in [7, 11) is 0. The minimum Gasteiger partial charge on any atom is -0.337 e. The maximum absolute atomic E-state index is 12.3. The van der Waals surface area contributed by atoms with E-state index in [2.05, 4.69) is 16.5 Å². The fourth-order valence-corrected chi connectivity index (χ4v) is 2.86. The fourth-order valence-electron chi connectivity index (χ4n) is 2.24.